The zero-order valence-corrected chi connectivity index (χ0v) is 20.5. The summed E-state index contributed by atoms with van der Waals surface area (Å²) in [6, 6.07) is 7.69. The standard InChI is InChI=1S/C25H28O12/c1-31-11-5-6-14(32-2)13(7-11)23-24(37-25-22(30)21(29)20(28)18(10-26)36-25)19(27)12-8-16(33-3)17(34-4)9-15(12)35-23/h5-9,18,20-22,25-26,28-30H,10H2,1-4H3/t18-,20-,21+,22-,25+/m0/s1. The molecule has 0 unspecified atom stereocenters. The Kier molecular flexibility index (Phi) is 7.76. The second kappa shape index (κ2) is 10.8. The van der Waals surface area contributed by atoms with E-state index in [1.807, 2.05) is 0 Å². The average Bonchev–Trinajstić information content (AvgIpc) is 2.93. The number of hydrogen-bond donors (Lipinski definition) is 4. The molecular formula is C25H28O12. The van der Waals surface area contributed by atoms with E-state index in [1.54, 1.807) is 18.2 Å². The number of aliphatic hydroxyl groups excluding tert-OH is 4. The molecule has 2 aromatic carbocycles. The molecule has 1 aromatic heterocycles. The first-order valence-corrected chi connectivity index (χ1v) is 11.2. The van der Waals surface area contributed by atoms with Gasteiger partial charge in [-0.1, -0.05) is 0 Å². The molecule has 0 saturated carbocycles. The minimum Gasteiger partial charge on any atom is -0.497 e. The molecule has 5 atom stereocenters. The first-order valence-electron chi connectivity index (χ1n) is 11.2. The molecule has 0 aliphatic carbocycles. The largest absolute Gasteiger partial charge is 0.497 e. The molecule has 1 fully saturated rings. The summed E-state index contributed by atoms with van der Waals surface area (Å²) >= 11 is 0. The number of methoxy groups -OCH3 is 4. The number of rotatable bonds is 8. The fourth-order valence-electron chi connectivity index (χ4n) is 4.06. The molecule has 1 aliphatic heterocycles. The summed E-state index contributed by atoms with van der Waals surface area (Å²) in [6.07, 6.45) is -8.00. The Morgan fingerprint density at radius 2 is 1.51 bits per heavy atom. The van der Waals surface area contributed by atoms with Gasteiger partial charge < -0.3 is 53.3 Å². The molecule has 0 spiro atoms. The van der Waals surface area contributed by atoms with E-state index < -0.39 is 48.5 Å². The predicted octanol–water partition coefficient (Wildman–Crippen LogP) is 0.673. The molecule has 12 heteroatoms. The predicted molar refractivity (Wildman–Crippen MR) is 129 cm³/mol. The minimum absolute atomic E-state index is 0.0582. The van der Waals surface area contributed by atoms with Gasteiger partial charge in [0.2, 0.25) is 17.5 Å². The molecule has 4 N–H and O–H groups in total. The van der Waals surface area contributed by atoms with E-state index in [2.05, 4.69) is 0 Å². The van der Waals surface area contributed by atoms with E-state index in [0.29, 0.717) is 17.2 Å². The topological polar surface area (TPSA) is 167 Å². The summed E-state index contributed by atoms with van der Waals surface area (Å²) in [5.74, 6) is 0.803. The Bertz CT molecular complexity index is 1320. The third-order valence-electron chi connectivity index (χ3n) is 6.09. The quantitative estimate of drug-likeness (QED) is 0.328. The van der Waals surface area contributed by atoms with Gasteiger partial charge >= 0.3 is 0 Å². The Morgan fingerprint density at radius 1 is 0.838 bits per heavy atom. The van der Waals surface area contributed by atoms with Crippen LogP contribution >= 0.6 is 0 Å². The van der Waals surface area contributed by atoms with Crippen LogP contribution in [-0.2, 0) is 4.74 Å². The van der Waals surface area contributed by atoms with Crippen LogP contribution < -0.4 is 29.1 Å². The Hall–Kier alpha value is -3.55. The second-order valence-electron chi connectivity index (χ2n) is 8.17. The molecular weight excluding hydrogens is 492 g/mol. The zero-order chi connectivity index (χ0) is 26.9. The van der Waals surface area contributed by atoms with Gasteiger partial charge in [-0.15, -0.1) is 0 Å². The van der Waals surface area contributed by atoms with Crippen LogP contribution in [0.1, 0.15) is 0 Å². The van der Waals surface area contributed by atoms with Gasteiger partial charge in [-0.3, -0.25) is 4.79 Å². The summed E-state index contributed by atoms with van der Waals surface area (Å²) in [4.78, 5) is 13.8. The lowest BCUT2D eigenvalue weighted by Gasteiger charge is -2.39. The molecule has 0 radical (unpaired) electrons. The third kappa shape index (κ3) is 4.77. The van der Waals surface area contributed by atoms with Crippen LogP contribution in [0.5, 0.6) is 28.7 Å². The molecule has 0 bridgehead atoms. The Morgan fingerprint density at radius 3 is 2.14 bits per heavy atom. The fourth-order valence-corrected chi connectivity index (χ4v) is 4.06. The number of benzene rings is 2. The van der Waals surface area contributed by atoms with E-state index in [-0.39, 0.29) is 28.0 Å². The van der Waals surface area contributed by atoms with Gasteiger partial charge in [0.1, 0.15) is 41.5 Å². The normalized spacial score (nSPS) is 23.5. The summed E-state index contributed by atoms with van der Waals surface area (Å²) in [7, 11) is 5.73. The van der Waals surface area contributed by atoms with Crippen LogP contribution in [0.3, 0.4) is 0 Å². The van der Waals surface area contributed by atoms with E-state index in [1.165, 1.54) is 40.6 Å². The van der Waals surface area contributed by atoms with Gasteiger partial charge in [0.15, 0.2) is 17.3 Å². The first kappa shape index (κ1) is 26.5. The lowest BCUT2D eigenvalue weighted by molar-refractivity contribution is -0.277. The summed E-state index contributed by atoms with van der Waals surface area (Å²) in [5, 5.41) is 40.5. The summed E-state index contributed by atoms with van der Waals surface area (Å²) in [6.45, 7) is -0.676. The Labute approximate surface area is 211 Å². The van der Waals surface area contributed by atoms with Crippen molar-refractivity contribution in [3.63, 3.8) is 0 Å². The first-order chi connectivity index (χ1) is 17.8. The van der Waals surface area contributed by atoms with Gasteiger partial charge in [-0.2, -0.15) is 0 Å². The monoisotopic (exact) mass is 520 g/mol. The molecule has 37 heavy (non-hydrogen) atoms. The molecule has 0 amide bonds. The molecule has 3 aromatic rings. The van der Waals surface area contributed by atoms with Crippen LogP contribution in [0.25, 0.3) is 22.3 Å². The maximum atomic E-state index is 13.8. The van der Waals surface area contributed by atoms with Gasteiger partial charge in [-0.25, -0.2) is 0 Å². The average molecular weight is 520 g/mol. The molecule has 200 valence electrons. The maximum absolute atomic E-state index is 13.8. The number of hydrogen-bond acceptors (Lipinski definition) is 12. The molecule has 2 heterocycles. The molecule has 1 aliphatic rings. The van der Waals surface area contributed by atoms with Crippen molar-refractivity contribution in [2.45, 2.75) is 30.7 Å². The van der Waals surface area contributed by atoms with Crippen LogP contribution in [0.15, 0.2) is 39.5 Å². The Balaban J connectivity index is 1.97. The molecule has 12 nitrogen and oxygen atoms in total. The van der Waals surface area contributed by atoms with Crippen molar-refractivity contribution in [3.8, 4) is 40.1 Å². The van der Waals surface area contributed by atoms with Crippen molar-refractivity contribution in [1.82, 2.24) is 0 Å². The van der Waals surface area contributed by atoms with E-state index >= 15 is 0 Å². The van der Waals surface area contributed by atoms with Crippen molar-refractivity contribution < 1.29 is 53.3 Å². The van der Waals surface area contributed by atoms with Crippen LogP contribution in [-0.4, -0.2) is 86.2 Å². The van der Waals surface area contributed by atoms with Crippen LogP contribution in [0, 0.1) is 0 Å². The second-order valence-corrected chi connectivity index (χ2v) is 8.17. The highest BCUT2D eigenvalue weighted by Gasteiger charge is 2.45. The zero-order valence-electron chi connectivity index (χ0n) is 20.5. The van der Waals surface area contributed by atoms with Gasteiger partial charge in [-0.05, 0) is 24.3 Å². The lowest BCUT2D eigenvalue weighted by Crippen LogP contribution is -2.60. The van der Waals surface area contributed by atoms with Crippen molar-refractivity contribution in [3.05, 3.63) is 40.6 Å². The van der Waals surface area contributed by atoms with Crippen molar-refractivity contribution in [2.75, 3.05) is 35.0 Å². The van der Waals surface area contributed by atoms with Crippen molar-refractivity contribution in [2.24, 2.45) is 0 Å². The highest BCUT2D eigenvalue weighted by molar-refractivity contribution is 5.86. The SMILES string of the molecule is COc1ccc(OC)c(-c2oc3cc(OC)c(OC)cc3c(=O)c2O[C@H]2O[C@@H](CO)[C@H](O)[C@@H](O)[C@@H]2O)c1. The summed E-state index contributed by atoms with van der Waals surface area (Å²) < 4.78 is 38.8. The molecule has 1 saturated heterocycles. The van der Waals surface area contributed by atoms with Crippen LogP contribution in [0.4, 0.5) is 0 Å². The van der Waals surface area contributed by atoms with E-state index in [4.69, 9.17) is 32.8 Å². The van der Waals surface area contributed by atoms with E-state index in [0.717, 1.165) is 0 Å². The maximum Gasteiger partial charge on any atom is 0.235 e. The van der Waals surface area contributed by atoms with Crippen molar-refractivity contribution >= 4 is 11.0 Å². The third-order valence-corrected chi connectivity index (χ3v) is 6.09. The van der Waals surface area contributed by atoms with Crippen molar-refractivity contribution in [1.29, 1.82) is 0 Å². The van der Waals surface area contributed by atoms with Gasteiger partial charge in [0, 0.05) is 6.07 Å². The highest BCUT2D eigenvalue weighted by atomic mass is 16.7. The number of aliphatic hydroxyl groups is 4. The fraction of sp³-hybridized carbons (Fsp3) is 0.400. The van der Waals surface area contributed by atoms with Crippen LogP contribution in [0.2, 0.25) is 0 Å². The highest BCUT2D eigenvalue weighted by Crippen LogP contribution is 2.41. The number of fused-ring (bicyclic) bond motifs is 1. The van der Waals surface area contributed by atoms with Gasteiger partial charge in [0.05, 0.1) is 46.0 Å². The van der Waals surface area contributed by atoms with E-state index in [9.17, 15) is 25.2 Å². The summed E-state index contributed by atoms with van der Waals surface area (Å²) in [5.41, 5.74) is -0.266. The smallest absolute Gasteiger partial charge is 0.235 e. The lowest BCUT2D eigenvalue weighted by atomic mass is 9.99. The van der Waals surface area contributed by atoms with Gasteiger partial charge in [0.25, 0.3) is 0 Å². The minimum atomic E-state index is -1.77. The number of ether oxygens (including phenoxy) is 6. The molecule has 4 rings (SSSR count).